The molecule has 3 aromatic carbocycles. The summed E-state index contributed by atoms with van der Waals surface area (Å²) >= 11 is 0. The molecule has 4 aromatic rings. The number of aromatic nitrogens is 2. The average Bonchev–Trinajstić information content (AvgIpc) is 3.36. The zero-order valence-corrected chi connectivity index (χ0v) is 24.7. The van der Waals surface area contributed by atoms with E-state index in [2.05, 4.69) is 0 Å². The number of H-pyrrole nitrogens is 1. The van der Waals surface area contributed by atoms with Crippen molar-refractivity contribution < 1.29 is 47.3 Å². The summed E-state index contributed by atoms with van der Waals surface area (Å²) in [6.45, 7) is -0.553. The number of ether oxygens (including phenoxy) is 5. The van der Waals surface area contributed by atoms with Gasteiger partial charge in [0.15, 0.2) is 24.0 Å². The number of nitrogens with zero attached hydrogens (tertiary/aromatic N) is 1. The maximum absolute atomic E-state index is 14.5. The second-order valence-corrected chi connectivity index (χ2v) is 10.4. The van der Waals surface area contributed by atoms with Crippen molar-refractivity contribution in [2.45, 2.75) is 31.0 Å². The molecule has 5 rings (SSSR count). The van der Waals surface area contributed by atoms with Gasteiger partial charge in [0.25, 0.3) is 5.56 Å². The lowest BCUT2D eigenvalue weighted by Gasteiger charge is -2.33. The third-order valence-corrected chi connectivity index (χ3v) is 7.11. The summed E-state index contributed by atoms with van der Waals surface area (Å²) in [5, 5.41) is 0. The predicted octanol–water partition coefficient (Wildman–Crippen LogP) is 2.81. The van der Waals surface area contributed by atoms with E-state index >= 15 is 0 Å². The molecular formula is C33H27FN2O11. The van der Waals surface area contributed by atoms with Gasteiger partial charge in [-0.05, 0) is 36.4 Å². The molecule has 1 aromatic heterocycles. The minimum Gasteiger partial charge on any atom is -0.459 e. The smallest absolute Gasteiger partial charge is 0.338 e. The molecule has 0 aliphatic carbocycles. The monoisotopic (exact) mass is 646 g/mol. The van der Waals surface area contributed by atoms with Crippen LogP contribution in [0.2, 0.25) is 0 Å². The minimum absolute atomic E-state index is 0.0567. The zero-order chi connectivity index (χ0) is 33.6. The van der Waals surface area contributed by atoms with E-state index in [1.165, 1.54) is 36.4 Å². The van der Waals surface area contributed by atoms with Gasteiger partial charge in [-0.2, -0.15) is 4.39 Å². The molecule has 13 nitrogen and oxygen atoms in total. The van der Waals surface area contributed by atoms with Crippen molar-refractivity contribution in [3.63, 3.8) is 0 Å². The largest absolute Gasteiger partial charge is 0.459 e. The average molecular weight is 647 g/mol. The number of carbonyl (C=O) groups is 4. The van der Waals surface area contributed by atoms with Crippen molar-refractivity contribution in [2.24, 2.45) is 0 Å². The Bertz CT molecular complexity index is 1820. The van der Waals surface area contributed by atoms with Crippen LogP contribution >= 0.6 is 0 Å². The fourth-order valence-corrected chi connectivity index (χ4v) is 4.90. The highest BCUT2D eigenvalue weighted by Crippen LogP contribution is 2.42. The molecule has 0 bridgehead atoms. The van der Waals surface area contributed by atoms with Gasteiger partial charge in [0.2, 0.25) is 5.82 Å². The Kier molecular flexibility index (Phi) is 9.71. The van der Waals surface area contributed by atoms with Crippen LogP contribution in [0.5, 0.6) is 0 Å². The molecule has 1 aliphatic heterocycles. The fourth-order valence-electron chi connectivity index (χ4n) is 4.90. The van der Waals surface area contributed by atoms with Gasteiger partial charge in [-0.15, -0.1) is 0 Å². The Labute approximate surface area is 265 Å². The van der Waals surface area contributed by atoms with Crippen molar-refractivity contribution in [1.82, 2.24) is 9.55 Å². The third-order valence-electron chi connectivity index (χ3n) is 7.11. The quantitative estimate of drug-likeness (QED) is 0.199. The van der Waals surface area contributed by atoms with E-state index in [4.69, 9.17) is 23.7 Å². The number of carbonyl (C=O) groups excluding carboxylic acids is 4. The molecule has 0 radical (unpaired) electrons. The molecule has 1 fully saturated rings. The Balaban J connectivity index is 1.62. The molecule has 0 spiro atoms. The summed E-state index contributed by atoms with van der Waals surface area (Å²) in [5.41, 5.74) is -4.36. The molecule has 0 unspecified atom stereocenters. The molecule has 3 atom stereocenters. The van der Waals surface area contributed by atoms with Crippen LogP contribution in [0.1, 0.15) is 44.2 Å². The highest BCUT2D eigenvalue weighted by atomic mass is 19.1. The summed E-state index contributed by atoms with van der Waals surface area (Å²) in [4.78, 5) is 78.5. The summed E-state index contributed by atoms with van der Waals surface area (Å²) in [7, 11) is 0. The van der Waals surface area contributed by atoms with Gasteiger partial charge >= 0.3 is 29.6 Å². The van der Waals surface area contributed by atoms with E-state index in [0.29, 0.717) is 10.8 Å². The number of halogens is 1. The number of esters is 4. The van der Waals surface area contributed by atoms with Gasteiger partial charge in [0.1, 0.15) is 13.2 Å². The second kappa shape index (κ2) is 14.0. The summed E-state index contributed by atoms with van der Waals surface area (Å²) in [6, 6.07) is 23.3. The topological polar surface area (TPSA) is 169 Å². The van der Waals surface area contributed by atoms with Crippen LogP contribution < -0.4 is 11.2 Å². The van der Waals surface area contributed by atoms with Gasteiger partial charge < -0.3 is 23.7 Å². The molecule has 1 aliphatic rings. The normalized spacial score (nSPS) is 18.1. The van der Waals surface area contributed by atoms with Crippen molar-refractivity contribution in [3.05, 3.63) is 141 Å². The summed E-state index contributed by atoms with van der Waals surface area (Å²) < 4.78 is 43.8. The van der Waals surface area contributed by atoms with Crippen molar-refractivity contribution >= 4 is 23.9 Å². The van der Waals surface area contributed by atoms with Crippen LogP contribution in [0.4, 0.5) is 4.39 Å². The van der Waals surface area contributed by atoms with Crippen molar-refractivity contribution in [1.29, 1.82) is 0 Å². The van der Waals surface area contributed by atoms with E-state index in [9.17, 15) is 33.2 Å². The molecule has 1 saturated heterocycles. The fraction of sp³-hybridized carbons (Fsp3) is 0.212. The second-order valence-electron chi connectivity index (χ2n) is 10.4. The van der Waals surface area contributed by atoms with Crippen LogP contribution in [0.3, 0.4) is 0 Å². The van der Waals surface area contributed by atoms with E-state index in [-0.39, 0.29) is 16.7 Å². The van der Waals surface area contributed by atoms with Crippen LogP contribution in [0.25, 0.3) is 0 Å². The van der Waals surface area contributed by atoms with E-state index < -0.39 is 78.2 Å². The first-order valence-corrected chi connectivity index (χ1v) is 14.1. The van der Waals surface area contributed by atoms with Crippen molar-refractivity contribution in [2.75, 3.05) is 13.2 Å². The molecule has 2 heterocycles. The van der Waals surface area contributed by atoms with E-state index in [1.54, 1.807) is 59.6 Å². The maximum Gasteiger partial charge on any atom is 0.338 e. The molecule has 242 valence electrons. The van der Waals surface area contributed by atoms with Crippen LogP contribution in [-0.4, -0.2) is 64.5 Å². The van der Waals surface area contributed by atoms with Crippen LogP contribution in [-0.2, 0) is 28.5 Å². The number of nitrogens with one attached hydrogen (secondary N) is 1. The Hall–Kier alpha value is -5.89. The Morgan fingerprint density at radius 2 is 1.23 bits per heavy atom. The number of hydrogen-bond acceptors (Lipinski definition) is 11. The zero-order valence-electron chi connectivity index (χ0n) is 24.7. The third kappa shape index (κ3) is 7.34. The standard InChI is InChI=1S/C33H27FN2O11/c1-20(37)45-25-26(46-31(41)23-15-9-4-10-16-23)33(18-43-29(39)21-11-5-2-6-12-21,19-44-30(40)22-13-7-3-8-14-22)47-28(25)36-17-24(34)27(38)35-32(36)42/h2-17,25-26,28H,18-19H2,1H3,(H,35,38,42)/t25-,26-,28+/m0/s1. The first-order chi connectivity index (χ1) is 22.6. The number of hydrogen-bond donors (Lipinski definition) is 1. The highest BCUT2D eigenvalue weighted by molar-refractivity contribution is 5.90. The van der Waals surface area contributed by atoms with Gasteiger partial charge in [0.05, 0.1) is 22.9 Å². The molecule has 0 saturated carbocycles. The SMILES string of the molecule is CC(=O)O[C@@H]1[C@H](n2cc(F)c(=O)[nH]c2=O)OC(COC(=O)c2ccccc2)(COC(=O)c2ccccc2)[C@H]1OC(=O)c1ccccc1. The Morgan fingerprint density at radius 1 is 0.766 bits per heavy atom. The molecule has 14 heteroatoms. The van der Waals surface area contributed by atoms with E-state index in [1.807, 2.05) is 0 Å². The van der Waals surface area contributed by atoms with Crippen LogP contribution in [0, 0.1) is 5.82 Å². The van der Waals surface area contributed by atoms with Gasteiger partial charge in [-0.25, -0.2) is 19.2 Å². The highest BCUT2D eigenvalue weighted by Gasteiger charge is 2.62. The van der Waals surface area contributed by atoms with E-state index in [0.717, 1.165) is 6.92 Å². The predicted molar refractivity (Wildman–Crippen MR) is 159 cm³/mol. The van der Waals surface area contributed by atoms with Gasteiger partial charge in [0, 0.05) is 6.92 Å². The number of benzene rings is 3. The molecule has 1 N–H and O–H groups in total. The lowest BCUT2D eigenvalue weighted by molar-refractivity contribution is -0.157. The first kappa shape index (κ1) is 32.5. The van der Waals surface area contributed by atoms with Gasteiger partial charge in [-0.1, -0.05) is 54.6 Å². The first-order valence-electron chi connectivity index (χ1n) is 14.1. The molecular weight excluding hydrogens is 619 g/mol. The maximum atomic E-state index is 14.5. The Morgan fingerprint density at radius 3 is 1.70 bits per heavy atom. The number of aromatic amines is 1. The lowest BCUT2D eigenvalue weighted by atomic mass is 9.96. The summed E-state index contributed by atoms with van der Waals surface area (Å²) in [6.07, 6.45) is -4.76. The minimum atomic E-state index is -2.17. The lowest BCUT2D eigenvalue weighted by Crippen LogP contribution is -2.54. The van der Waals surface area contributed by atoms with Gasteiger partial charge in [-0.3, -0.25) is 19.1 Å². The van der Waals surface area contributed by atoms with Crippen molar-refractivity contribution in [3.8, 4) is 0 Å². The molecule has 47 heavy (non-hydrogen) atoms. The number of rotatable bonds is 10. The molecule has 0 amide bonds. The van der Waals surface area contributed by atoms with Crippen LogP contribution in [0.15, 0.2) is 107 Å². The summed E-state index contributed by atoms with van der Waals surface area (Å²) in [5.74, 6) is -4.98.